The van der Waals surface area contributed by atoms with Crippen LogP contribution in [0.25, 0.3) is 0 Å². The van der Waals surface area contributed by atoms with Crippen molar-refractivity contribution in [3.05, 3.63) is 20.3 Å². The number of carbonyl (C=O) groups excluding carboxylic acids is 2. The van der Waals surface area contributed by atoms with Crippen molar-refractivity contribution in [2.24, 2.45) is 17.2 Å². The molecule has 0 amide bonds. The van der Waals surface area contributed by atoms with Gasteiger partial charge in [-0.3, -0.25) is 33.2 Å². The van der Waals surface area contributed by atoms with E-state index in [1.54, 1.807) is 0 Å². The molecule has 54 heteroatoms. The van der Waals surface area contributed by atoms with Gasteiger partial charge in [0, 0.05) is 7.11 Å². The van der Waals surface area contributed by atoms with Crippen LogP contribution in [0, 0.1) is 20.3 Å². The largest absolute Gasteiger partial charge is 1.00 e. The fourth-order valence-corrected chi connectivity index (χ4v) is 8.04. The first-order valence-corrected chi connectivity index (χ1v) is 27.9. The number of hydrogen-bond donors (Lipinski definition) is 13. The predicted molar refractivity (Wildman–Crippen MR) is 239 cm³/mol. The molecule has 44 nitrogen and oxygen atoms in total. The molecule has 5 heterocycles. The summed E-state index contributed by atoms with van der Waals surface area (Å²) in [4.78, 5) is 36.5. The number of nitrogens with two attached hydrogens (primary N) is 3. The van der Waals surface area contributed by atoms with Gasteiger partial charge in [-0.05, 0) is 6.10 Å². The molecule has 5 fully saturated rings. The number of carbonyl (C=O) groups is 3. The van der Waals surface area contributed by atoms with Gasteiger partial charge in [0.2, 0.25) is 52.0 Å². The molecule has 0 radical (unpaired) electrons. The molecule has 0 aromatic carbocycles. The van der Waals surface area contributed by atoms with Crippen molar-refractivity contribution in [2.45, 2.75) is 155 Å². The van der Waals surface area contributed by atoms with Gasteiger partial charge < -0.3 is 142 Å². The molecule has 486 valence electrons. The molecular formula is C33H55N3Na5O41S5-3. The number of ether oxygens (including phenoxy) is 11. The quantitative estimate of drug-likeness (QED) is 0.0122. The van der Waals surface area contributed by atoms with E-state index >= 15 is 0 Å². The third-order valence-electron chi connectivity index (χ3n) is 10.6. The van der Waals surface area contributed by atoms with E-state index in [2.05, 4.69) is 27.0 Å². The van der Waals surface area contributed by atoms with Crippen molar-refractivity contribution >= 4 is 70.4 Å². The summed E-state index contributed by atoms with van der Waals surface area (Å²) in [6, 6.07) is -4.64. The number of aliphatic carboxylic acids is 1. The second-order valence-corrected chi connectivity index (χ2v) is 20.9. The molecule has 0 aromatic rings. The fraction of sp³-hybridized carbons (Fsp3) is 0.818. The Morgan fingerprint density at radius 2 is 0.989 bits per heavy atom. The Morgan fingerprint density at radius 3 is 1.44 bits per heavy atom. The van der Waals surface area contributed by atoms with Crippen LogP contribution in [0.15, 0.2) is 0 Å². The van der Waals surface area contributed by atoms with Crippen LogP contribution >= 0.6 is 0 Å². The number of esters is 1. The van der Waals surface area contributed by atoms with Crippen molar-refractivity contribution in [1.82, 2.24) is 0 Å². The van der Waals surface area contributed by atoms with Gasteiger partial charge in [0.1, 0.15) is 55.1 Å². The average molecular weight is 1430 g/mol. The van der Waals surface area contributed by atoms with E-state index in [1.165, 1.54) is 0 Å². The SMILES string of the molecule is C.O=S(=O)([O-])O.O=S(=O)([O-])O.O=S(=O)([O-])O.[CH2-]C1O[C@H](O[C@@H]2C(C(=O)O)O[C@@H](O[C@@H]3C(COS(=O)(=O)[O-])O[C@H](OC)C(N)[C@H]3O)C(OS(=O)(=O)[O-])[C@H]2O)C(N)[CH-][C@@H]1O[C@@H]1OC(C(=O)OC=O)[C@@H](O[C@H]2OC([CH2-])[C@@H](O)[C@H](O)C2N)[C@H](O)C1O.[Na+].[Na+].[Na+].[Na+].[Na+]. The molecule has 5 aliphatic heterocycles. The van der Waals surface area contributed by atoms with Gasteiger partial charge >= 0.3 is 166 Å². The van der Waals surface area contributed by atoms with Crippen LogP contribution in [0.2, 0.25) is 0 Å². The van der Waals surface area contributed by atoms with Crippen LogP contribution in [0.1, 0.15) is 7.43 Å². The number of aliphatic hydroxyl groups is 6. The second kappa shape index (κ2) is 42.1. The Bertz CT molecular complexity index is 2550. The van der Waals surface area contributed by atoms with E-state index in [-0.39, 0.29) is 162 Å². The summed E-state index contributed by atoms with van der Waals surface area (Å²) in [6.45, 7) is 5.67. The molecule has 0 saturated carbocycles. The van der Waals surface area contributed by atoms with Gasteiger partial charge in [-0.1, -0.05) is 25.7 Å². The monoisotopic (exact) mass is 1420 g/mol. The third kappa shape index (κ3) is 34.3. The van der Waals surface area contributed by atoms with E-state index in [9.17, 15) is 76.1 Å². The van der Waals surface area contributed by atoms with Crippen LogP contribution in [0.4, 0.5) is 0 Å². The van der Waals surface area contributed by atoms with Gasteiger partial charge in [0.05, 0.1) is 30.9 Å². The molecule has 0 bridgehead atoms. The van der Waals surface area contributed by atoms with E-state index in [0.29, 0.717) is 0 Å². The summed E-state index contributed by atoms with van der Waals surface area (Å²) in [5.41, 5.74) is 18.0. The Morgan fingerprint density at radius 1 is 0.552 bits per heavy atom. The number of aliphatic hydroxyl groups excluding tert-OH is 6. The molecule has 0 spiro atoms. The maximum atomic E-state index is 12.8. The van der Waals surface area contributed by atoms with E-state index in [0.717, 1.165) is 13.5 Å². The summed E-state index contributed by atoms with van der Waals surface area (Å²) in [7, 11) is -25.0. The zero-order valence-corrected chi connectivity index (χ0v) is 59.1. The van der Waals surface area contributed by atoms with Crippen LogP contribution in [-0.2, 0) is 127 Å². The molecule has 0 aliphatic carbocycles. The average Bonchev–Trinajstić information content (AvgIpc) is 2.76. The van der Waals surface area contributed by atoms with Crippen molar-refractivity contribution in [1.29, 1.82) is 0 Å². The van der Waals surface area contributed by atoms with Gasteiger partial charge in [-0.2, -0.15) is 0 Å². The first-order chi connectivity index (χ1) is 36.7. The first-order valence-electron chi connectivity index (χ1n) is 21.1. The predicted octanol–water partition coefficient (Wildman–Crippen LogP) is -27.4. The minimum absolute atomic E-state index is 0. The van der Waals surface area contributed by atoms with E-state index in [1.807, 2.05) is 0 Å². The molecule has 87 heavy (non-hydrogen) atoms. The van der Waals surface area contributed by atoms with Crippen LogP contribution in [0.3, 0.4) is 0 Å². The summed E-state index contributed by atoms with van der Waals surface area (Å²) in [6.07, 6.45) is -40.3. The Labute approximate surface area is 606 Å². The van der Waals surface area contributed by atoms with Gasteiger partial charge in [0.15, 0.2) is 43.5 Å². The smallest absolute Gasteiger partial charge is 0.726 e. The van der Waals surface area contributed by atoms with Crippen LogP contribution in [0.5, 0.6) is 0 Å². The van der Waals surface area contributed by atoms with Gasteiger partial charge in [-0.25, -0.2) is 51.7 Å². The number of carboxylic acids is 1. The summed E-state index contributed by atoms with van der Waals surface area (Å²) in [5, 5.41) is 74.9. The molecule has 0 aromatic heterocycles. The number of carboxylic acid groups (broad SMARTS) is 1. The molecule has 5 saturated heterocycles. The Balaban J connectivity index is -0.000000951. The number of hydrogen-bond acceptors (Lipinski definition) is 40. The number of methoxy groups -OCH3 is 1. The third-order valence-corrected chi connectivity index (χ3v) is 11.5. The minimum atomic E-state index is -5.87. The zero-order valence-electron chi connectivity index (χ0n) is 45.0. The van der Waals surface area contributed by atoms with Crippen LogP contribution in [-0.4, -0.2) is 294 Å². The standard InChI is InChI=1S/C32H50N3O29S2.CH4.5Na.3H2O4S/c1-7-10(57-31-18(41)17(40)21(25(63-31)27(45)53-6-36)61-30-12(34)15(38)14(37)8(2)56-30)4-9(33)28(55-7)60-22-19(42)23(64-66(49,50)51)32(62-24(22)26(43)44)59-20-11(5-54-65(46,47)48)58-29(52-3)13(35)16(20)39;;;;;;;3*1-5(2,3)4/h4,6-25,28-32,37-42H,1-2,5,33-35H2,3H3,(H,43,44)(H,46,47,48)(H,49,50,51);1H4;;;;;;3*(H2,1,2,3,4)/q-3;;5*+1;;;/p-5/t7?,8?,9?,10-,11?,12?,13?,14+,15+,16+,17+,18?,19-,20+,21-,22-,23?,24?,25?,28+,29-,30+,31+,32+;;;;;;;;;/m0........./s1. The first kappa shape index (κ1) is 97.9. The van der Waals surface area contributed by atoms with Crippen molar-refractivity contribution in [2.75, 3.05) is 13.7 Å². The molecule has 5 rings (SSSR count). The topological polar surface area (TPSA) is 738 Å². The fourth-order valence-electron chi connectivity index (χ4n) is 7.26. The van der Waals surface area contributed by atoms with E-state index < -0.39 is 218 Å². The summed E-state index contributed by atoms with van der Waals surface area (Å²) in [5.74, 6) is -3.46. The summed E-state index contributed by atoms with van der Waals surface area (Å²) >= 11 is 0. The second-order valence-electron chi connectivity index (χ2n) is 16.3. The Kier molecular flexibility index (Phi) is 47.4. The molecule has 5 aliphatic rings. The molecule has 16 N–H and O–H groups in total. The maximum Gasteiger partial charge on any atom is 1.00 e. The van der Waals surface area contributed by atoms with Gasteiger partial charge in [0.25, 0.3) is 0 Å². The van der Waals surface area contributed by atoms with Crippen molar-refractivity contribution < 1.29 is 337 Å². The van der Waals surface area contributed by atoms with Crippen LogP contribution < -0.4 is 165 Å². The van der Waals surface area contributed by atoms with Gasteiger partial charge in [-0.15, -0.1) is 0 Å². The Hall–Kier alpha value is 2.20. The molecular weight excluding hydrogens is 1370 g/mol. The number of rotatable bonds is 17. The zero-order chi connectivity index (χ0) is 62.8. The van der Waals surface area contributed by atoms with Crippen molar-refractivity contribution in [3.63, 3.8) is 0 Å². The maximum absolute atomic E-state index is 12.8. The van der Waals surface area contributed by atoms with Crippen molar-refractivity contribution in [3.8, 4) is 0 Å². The molecule has 10 unspecified atom stereocenters. The van der Waals surface area contributed by atoms with E-state index in [4.69, 9.17) is 117 Å². The minimum Gasteiger partial charge on any atom is -0.726 e. The normalized spacial score (nSPS) is 36.9. The summed E-state index contributed by atoms with van der Waals surface area (Å²) < 4.78 is 235. The molecule has 24 atom stereocenters.